The van der Waals surface area contributed by atoms with Gasteiger partial charge in [-0.2, -0.15) is 0 Å². The quantitative estimate of drug-likeness (QED) is 0.917. The van der Waals surface area contributed by atoms with E-state index >= 15 is 0 Å². The highest BCUT2D eigenvalue weighted by molar-refractivity contribution is 5.85. The Bertz CT molecular complexity index is 377. The van der Waals surface area contributed by atoms with Crippen molar-refractivity contribution in [3.05, 3.63) is 35.9 Å². The predicted octanol–water partition coefficient (Wildman–Crippen LogP) is 2.11. The molecule has 1 aliphatic heterocycles. The van der Waals surface area contributed by atoms with Crippen molar-refractivity contribution < 1.29 is 4.79 Å². The third-order valence-corrected chi connectivity index (χ3v) is 3.60. The van der Waals surface area contributed by atoms with Gasteiger partial charge >= 0.3 is 0 Å². The number of amides is 1. The fourth-order valence-electron chi connectivity index (χ4n) is 2.43. The molecule has 3 nitrogen and oxygen atoms in total. The maximum absolute atomic E-state index is 12.2. The SMILES string of the molecule is CN(CCc1ccccc1)C(=O)[C@@H]1CCCNC1.Cl. The van der Waals surface area contributed by atoms with Crippen LogP contribution in [0.2, 0.25) is 0 Å². The molecule has 0 radical (unpaired) electrons. The van der Waals surface area contributed by atoms with Crippen molar-refractivity contribution in [2.75, 3.05) is 26.7 Å². The number of nitrogens with one attached hydrogen (secondary N) is 1. The highest BCUT2D eigenvalue weighted by Crippen LogP contribution is 2.13. The van der Waals surface area contributed by atoms with Gasteiger partial charge in [0.2, 0.25) is 5.91 Å². The van der Waals surface area contributed by atoms with E-state index in [1.54, 1.807) is 0 Å². The van der Waals surface area contributed by atoms with Crippen LogP contribution in [0.3, 0.4) is 0 Å². The lowest BCUT2D eigenvalue weighted by molar-refractivity contribution is -0.134. The first kappa shape index (κ1) is 16.0. The highest BCUT2D eigenvalue weighted by atomic mass is 35.5. The summed E-state index contributed by atoms with van der Waals surface area (Å²) in [6, 6.07) is 10.3. The van der Waals surface area contributed by atoms with Crippen LogP contribution >= 0.6 is 12.4 Å². The van der Waals surface area contributed by atoms with Crippen molar-refractivity contribution in [1.82, 2.24) is 10.2 Å². The molecular formula is C15H23ClN2O. The van der Waals surface area contributed by atoms with Gasteiger partial charge in [0.1, 0.15) is 0 Å². The molecule has 106 valence electrons. The zero-order chi connectivity index (χ0) is 12.8. The van der Waals surface area contributed by atoms with Crippen molar-refractivity contribution in [2.24, 2.45) is 5.92 Å². The van der Waals surface area contributed by atoms with Crippen LogP contribution in [0.15, 0.2) is 30.3 Å². The number of hydrogen-bond donors (Lipinski definition) is 1. The van der Waals surface area contributed by atoms with Crippen LogP contribution in [0.5, 0.6) is 0 Å². The molecule has 1 aromatic carbocycles. The van der Waals surface area contributed by atoms with Gasteiger partial charge in [0.05, 0.1) is 5.92 Å². The Hall–Kier alpha value is -1.06. The lowest BCUT2D eigenvalue weighted by Crippen LogP contribution is -2.42. The van der Waals surface area contributed by atoms with Gasteiger partial charge in [0.25, 0.3) is 0 Å². The molecule has 1 atom stereocenters. The number of halogens is 1. The molecule has 19 heavy (non-hydrogen) atoms. The highest BCUT2D eigenvalue weighted by Gasteiger charge is 2.23. The first-order valence-electron chi connectivity index (χ1n) is 6.77. The topological polar surface area (TPSA) is 32.3 Å². The minimum Gasteiger partial charge on any atom is -0.345 e. The Morgan fingerprint density at radius 2 is 2.11 bits per heavy atom. The molecule has 0 saturated carbocycles. The maximum Gasteiger partial charge on any atom is 0.226 e. The van der Waals surface area contributed by atoms with Crippen molar-refractivity contribution in [1.29, 1.82) is 0 Å². The minimum absolute atomic E-state index is 0. The molecule has 1 fully saturated rings. The van der Waals surface area contributed by atoms with Crippen molar-refractivity contribution in [3.8, 4) is 0 Å². The predicted molar refractivity (Wildman–Crippen MR) is 80.6 cm³/mol. The smallest absolute Gasteiger partial charge is 0.226 e. The maximum atomic E-state index is 12.2. The molecule has 1 amide bonds. The zero-order valence-electron chi connectivity index (χ0n) is 11.5. The number of rotatable bonds is 4. The van der Waals surface area contributed by atoms with Gasteiger partial charge in [-0.1, -0.05) is 30.3 Å². The van der Waals surface area contributed by atoms with Crippen molar-refractivity contribution in [3.63, 3.8) is 0 Å². The normalized spacial score (nSPS) is 18.5. The second-order valence-corrected chi connectivity index (χ2v) is 5.04. The first-order chi connectivity index (χ1) is 8.77. The van der Waals surface area contributed by atoms with Gasteiger partial charge in [-0.05, 0) is 31.4 Å². The standard InChI is InChI=1S/C15H22N2O.ClH/c1-17(11-9-13-6-3-2-4-7-13)15(18)14-8-5-10-16-12-14;/h2-4,6-7,14,16H,5,8-12H2,1H3;1H/t14-;/m1./s1. The molecule has 1 aromatic rings. The summed E-state index contributed by atoms with van der Waals surface area (Å²) in [5.74, 6) is 0.470. The lowest BCUT2D eigenvalue weighted by atomic mass is 9.98. The fourth-order valence-corrected chi connectivity index (χ4v) is 2.43. The molecule has 4 heteroatoms. The largest absolute Gasteiger partial charge is 0.345 e. The fraction of sp³-hybridized carbons (Fsp3) is 0.533. The molecule has 1 saturated heterocycles. The summed E-state index contributed by atoms with van der Waals surface area (Å²) in [4.78, 5) is 14.1. The molecule has 0 unspecified atom stereocenters. The van der Waals surface area contributed by atoms with Crippen LogP contribution in [-0.4, -0.2) is 37.5 Å². The van der Waals surface area contributed by atoms with Crippen LogP contribution in [0.1, 0.15) is 18.4 Å². The summed E-state index contributed by atoms with van der Waals surface area (Å²) in [7, 11) is 1.92. The van der Waals surface area contributed by atoms with Gasteiger partial charge < -0.3 is 10.2 Å². The van der Waals surface area contributed by atoms with Crippen molar-refractivity contribution >= 4 is 18.3 Å². The number of carbonyl (C=O) groups excluding carboxylic acids is 1. The van der Waals surface area contributed by atoms with E-state index in [1.807, 2.05) is 30.1 Å². The number of nitrogens with zero attached hydrogens (tertiary/aromatic N) is 1. The first-order valence-corrected chi connectivity index (χ1v) is 6.77. The Kier molecular flexibility index (Phi) is 6.89. The van der Waals surface area contributed by atoms with Crippen LogP contribution in [0.25, 0.3) is 0 Å². The van der Waals surface area contributed by atoms with E-state index in [-0.39, 0.29) is 24.2 Å². The van der Waals surface area contributed by atoms with Crippen LogP contribution in [0, 0.1) is 5.92 Å². The van der Waals surface area contributed by atoms with Gasteiger partial charge in [-0.15, -0.1) is 12.4 Å². The summed E-state index contributed by atoms with van der Waals surface area (Å²) in [6.07, 6.45) is 3.08. The zero-order valence-corrected chi connectivity index (χ0v) is 12.3. The summed E-state index contributed by atoms with van der Waals surface area (Å²) < 4.78 is 0. The summed E-state index contributed by atoms with van der Waals surface area (Å²) >= 11 is 0. The van der Waals surface area contributed by atoms with Crippen LogP contribution < -0.4 is 5.32 Å². The average Bonchev–Trinajstić information content (AvgIpc) is 2.46. The Morgan fingerprint density at radius 1 is 1.37 bits per heavy atom. The molecule has 0 aromatic heterocycles. The number of hydrogen-bond acceptors (Lipinski definition) is 2. The number of benzene rings is 1. The second kappa shape index (κ2) is 8.18. The molecule has 0 spiro atoms. The molecule has 0 bridgehead atoms. The molecular weight excluding hydrogens is 260 g/mol. The van der Waals surface area contributed by atoms with E-state index in [0.717, 1.165) is 38.9 Å². The molecule has 1 heterocycles. The van der Waals surface area contributed by atoms with Gasteiger partial charge in [0.15, 0.2) is 0 Å². The number of piperidine rings is 1. The molecule has 2 rings (SSSR count). The van der Waals surface area contributed by atoms with E-state index in [2.05, 4.69) is 17.4 Å². The van der Waals surface area contributed by atoms with E-state index in [0.29, 0.717) is 0 Å². The summed E-state index contributed by atoms with van der Waals surface area (Å²) in [5.41, 5.74) is 1.29. The number of carbonyl (C=O) groups is 1. The third-order valence-electron chi connectivity index (χ3n) is 3.60. The molecule has 1 aliphatic rings. The average molecular weight is 283 g/mol. The monoisotopic (exact) mass is 282 g/mol. The van der Waals surface area contributed by atoms with Gasteiger partial charge in [-0.25, -0.2) is 0 Å². The van der Waals surface area contributed by atoms with Crippen LogP contribution in [0.4, 0.5) is 0 Å². The lowest BCUT2D eigenvalue weighted by Gasteiger charge is -2.27. The minimum atomic E-state index is 0. The Labute approximate surface area is 121 Å². The van der Waals surface area contributed by atoms with E-state index in [9.17, 15) is 4.79 Å². The van der Waals surface area contributed by atoms with E-state index in [4.69, 9.17) is 0 Å². The van der Waals surface area contributed by atoms with Gasteiger partial charge in [0, 0.05) is 20.1 Å². The number of likely N-dealkylation sites (N-methyl/N-ethyl adjacent to an activating group) is 1. The summed E-state index contributed by atoms with van der Waals surface area (Å²) in [5, 5.41) is 3.30. The summed E-state index contributed by atoms with van der Waals surface area (Å²) in [6.45, 7) is 2.70. The van der Waals surface area contributed by atoms with E-state index < -0.39 is 0 Å². The second-order valence-electron chi connectivity index (χ2n) is 5.04. The van der Waals surface area contributed by atoms with Crippen LogP contribution in [-0.2, 0) is 11.2 Å². The molecule has 0 aliphatic carbocycles. The Balaban J connectivity index is 0.00000180. The van der Waals surface area contributed by atoms with Crippen molar-refractivity contribution in [2.45, 2.75) is 19.3 Å². The Morgan fingerprint density at radius 3 is 2.74 bits per heavy atom. The molecule has 1 N–H and O–H groups in total. The van der Waals surface area contributed by atoms with Gasteiger partial charge in [-0.3, -0.25) is 4.79 Å². The third kappa shape index (κ3) is 4.84. The van der Waals surface area contributed by atoms with E-state index in [1.165, 1.54) is 5.56 Å².